The van der Waals surface area contributed by atoms with Crippen LogP contribution < -0.4 is 4.90 Å². The second kappa shape index (κ2) is 7.20. The van der Waals surface area contributed by atoms with Crippen LogP contribution in [0.25, 0.3) is 0 Å². The Hall–Kier alpha value is -0.680. The van der Waals surface area contributed by atoms with E-state index in [9.17, 15) is 5.11 Å². The molecular weight excluding hydrogens is 306 g/mol. The predicted molar refractivity (Wildman–Crippen MR) is 80.4 cm³/mol. The van der Waals surface area contributed by atoms with E-state index in [1.807, 2.05) is 6.07 Å². The van der Waals surface area contributed by atoms with Crippen molar-refractivity contribution in [2.24, 2.45) is 0 Å². The van der Waals surface area contributed by atoms with Crippen molar-refractivity contribution in [3.63, 3.8) is 0 Å². The minimum absolute atomic E-state index is 0.193. The topological polar surface area (TPSA) is 49.2 Å². The first-order chi connectivity index (χ1) is 9.24. The van der Waals surface area contributed by atoms with E-state index < -0.39 is 0 Å². The zero-order valence-electron chi connectivity index (χ0n) is 11.5. The lowest BCUT2D eigenvalue weighted by Gasteiger charge is -2.30. The summed E-state index contributed by atoms with van der Waals surface area (Å²) in [5, 5.41) is 9.59. The zero-order valence-corrected chi connectivity index (χ0v) is 13.1. The van der Waals surface area contributed by atoms with Crippen LogP contribution in [0.4, 0.5) is 5.82 Å². The molecule has 1 N–H and O–H groups in total. The number of aromatic nitrogens is 2. The van der Waals surface area contributed by atoms with Gasteiger partial charge in [0, 0.05) is 19.0 Å². The summed E-state index contributed by atoms with van der Waals surface area (Å²) >= 11 is 3.47. The average molecular weight is 328 g/mol. The fourth-order valence-corrected chi connectivity index (χ4v) is 3.01. The Kier molecular flexibility index (Phi) is 5.58. The SMILES string of the molecule is CCCc1nc(Br)cc(N2CCCCCC2CO)n1. The Labute approximate surface area is 123 Å². The lowest BCUT2D eigenvalue weighted by molar-refractivity contribution is 0.254. The summed E-state index contributed by atoms with van der Waals surface area (Å²) in [5.41, 5.74) is 0. The van der Waals surface area contributed by atoms with E-state index in [0.29, 0.717) is 0 Å². The van der Waals surface area contributed by atoms with Gasteiger partial charge < -0.3 is 10.0 Å². The quantitative estimate of drug-likeness (QED) is 0.864. The summed E-state index contributed by atoms with van der Waals surface area (Å²) in [6.45, 7) is 3.30. The first-order valence-corrected chi connectivity index (χ1v) is 7.95. The molecule has 0 spiro atoms. The number of rotatable bonds is 4. The Morgan fingerprint density at radius 1 is 1.37 bits per heavy atom. The van der Waals surface area contributed by atoms with Crippen LogP contribution in [0, 0.1) is 0 Å². The van der Waals surface area contributed by atoms with E-state index in [-0.39, 0.29) is 12.6 Å². The molecule has 19 heavy (non-hydrogen) atoms. The highest BCUT2D eigenvalue weighted by molar-refractivity contribution is 9.10. The lowest BCUT2D eigenvalue weighted by atomic mass is 10.1. The van der Waals surface area contributed by atoms with Crippen LogP contribution in [0.1, 0.15) is 44.9 Å². The first-order valence-electron chi connectivity index (χ1n) is 7.15. The van der Waals surface area contributed by atoms with Crippen molar-refractivity contribution in [1.29, 1.82) is 0 Å². The maximum absolute atomic E-state index is 9.59. The molecule has 2 rings (SSSR count). The highest BCUT2D eigenvalue weighted by atomic mass is 79.9. The standard InChI is InChI=1S/C14H22BrN3O/c1-2-6-13-16-12(15)9-14(17-13)18-8-5-3-4-7-11(18)10-19/h9,11,19H,2-8,10H2,1H3. The molecule has 1 aliphatic heterocycles. The van der Waals surface area contributed by atoms with Crippen molar-refractivity contribution in [3.05, 3.63) is 16.5 Å². The molecule has 0 bridgehead atoms. The van der Waals surface area contributed by atoms with Crippen molar-refractivity contribution in [3.8, 4) is 0 Å². The van der Waals surface area contributed by atoms with Crippen LogP contribution in [-0.4, -0.2) is 34.3 Å². The van der Waals surface area contributed by atoms with Gasteiger partial charge in [-0.25, -0.2) is 9.97 Å². The summed E-state index contributed by atoms with van der Waals surface area (Å²) in [5.74, 6) is 1.83. The van der Waals surface area contributed by atoms with Crippen molar-refractivity contribution < 1.29 is 5.11 Å². The molecule has 0 amide bonds. The molecule has 4 nitrogen and oxygen atoms in total. The van der Waals surface area contributed by atoms with Crippen LogP contribution in [-0.2, 0) is 6.42 Å². The van der Waals surface area contributed by atoms with Gasteiger partial charge in [0.15, 0.2) is 0 Å². The number of hydrogen-bond acceptors (Lipinski definition) is 4. The van der Waals surface area contributed by atoms with Crippen molar-refractivity contribution in [2.75, 3.05) is 18.1 Å². The highest BCUT2D eigenvalue weighted by Gasteiger charge is 2.22. The van der Waals surface area contributed by atoms with Crippen LogP contribution in [0.5, 0.6) is 0 Å². The maximum Gasteiger partial charge on any atom is 0.133 e. The van der Waals surface area contributed by atoms with Gasteiger partial charge in [-0.2, -0.15) is 0 Å². The van der Waals surface area contributed by atoms with Crippen LogP contribution in [0.2, 0.25) is 0 Å². The predicted octanol–water partition coefficient (Wildman–Crippen LogP) is 2.93. The Morgan fingerprint density at radius 2 is 2.21 bits per heavy atom. The third-order valence-corrected chi connectivity index (χ3v) is 3.99. The molecule has 0 radical (unpaired) electrons. The van der Waals surface area contributed by atoms with Crippen molar-refractivity contribution in [2.45, 2.75) is 51.5 Å². The summed E-state index contributed by atoms with van der Waals surface area (Å²) in [7, 11) is 0. The van der Waals surface area contributed by atoms with Gasteiger partial charge in [-0.3, -0.25) is 0 Å². The normalized spacial score (nSPS) is 20.4. The lowest BCUT2D eigenvalue weighted by Crippen LogP contribution is -2.38. The van der Waals surface area contributed by atoms with Gasteiger partial charge >= 0.3 is 0 Å². The summed E-state index contributed by atoms with van der Waals surface area (Å²) in [4.78, 5) is 11.3. The number of anilines is 1. The van der Waals surface area contributed by atoms with Crippen molar-refractivity contribution in [1.82, 2.24) is 9.97 Å². The molecule has 0 aliphatic carbocycles. The van der Waals surface area contributed by atoms with Crippen molar-refractivity contribution >= 4 is 21.7 Å². The molecule has 0 aromatic carbocycles. The van der Waals surface area contributed by atoms with Gasteiger partial charge in [0.2, 0.25) is 0 Å². The van der Waals surface area contributed by atoms with Gasteiger partial charge in [-0.15, -0.1) is 0 Å². The van der Waals surface area contributed by atoms with E-state index in [2.05, 4.69) is 37.7 Å². The molecule has 1 saturated heterocycles. The summed E-state index contributed by atoms with van der Waals surface area (Å²) in [6.07, 6.45) is 6.57. The second-order valence-electron chi connectivity index (χ2n) is 5.09. The molecule has 1 unspecified atom stereocenters. The summed E-state index contributed by atoms with van der Waals surface area (Å²) < 4.78 is 0.835. The number of halogens is 1. The molecule has 106 valence electrons. The number of nitrogens with zero attached hydrogens (tertiary/aromatic N) is 3. The Balaban J connectivity index is 2.26. The number of aryl methyl sites for hydroxylation is 1. The maximum atomic E-state index is 9.59. The molecular formula is C14H22BrN3O. The smallest absolute Gasteiger partial charge is 0.133 e. The third kappa shape index (κ3) is 3.89. The second-order valence-corrected chi connectivity index (χ2v) is 5.91. The molecule has 1 aromatic rings. The highest BCUT2D eigenvalue weighted by Crippen LogP contribution is 2.24. The van der Waals surface area contributed by atoms with Gasteiger partial charge in [0.05, 0.1) is 12.6 Å². The van der Waals surface area contributed by atoms with Gasteiger partial charge in [0.1, 0.15) is 16.2 Å². The number of aliphatic hydroxyl groups is 1. The fourth-order valence-electron chi connectivity index (χ4n) is 2.60. The molecule has 1 aromatic heterocycles. The third-order valence-electron chi connectivity index (χ3n) is 3.58. The van der Waals surface area contributed by atoms with Crippen LogP contribution in [0.3, 0.4) is 0 Å². The minimum Gasteiger partial charge on any atom is -0.394 e. The molecule has 0 saturated carbocycles. The Morgan fingerprint density at radius 3 is 2.95 bits per heavy atom. The van der Waals surface area contributed by atoms with Gasteiger partial charge in [-0.1, -0.05) is 19.8 Å². The van der Waals surface area contributed by atoms with E-state index in [4.69, 9.17) is 0 Å². The Bertz CT molecular complexity index is 414. The van der Waals surface area contributed by atoms with E-state index in [0.717, 1.165) is 42.1 Å². The largest absolute Gasteiger partial charge is 0.394 e. The van der Waals surface area contributed by atoms with Crippen LogP contribution in [0.15, 0.2) is 10.7 Å². The monoisotopic (exact) mass is 327 g/mol. The minimum atomic E-state index is 0.193. The molecule has 1 aliphatic rings. The molecule has 5 heteroatoms. The van der Waals surface area contributed by atoms with Crippen LogP contribution >= 0.6 is 15.9 Å². The zero-order chi connectivity index (χ0) is 13.7. The first kappa shape index (κ1) is 14.7. The number of aliphatic hydroxyl groups excluding tert-OH is 1. The van der Waals surface area contributed by atoms with E-state index >= 15 is 0 Å². The van der Waals surface area contributed by atoms with Gasteiger partial charge in [-0.05, 0) is 35.2 Å². The van der Waals surface area contributed by atoms with E-state index in [1.54, 1.807) is 0 Å². The summed E-state index contributed by atoms with van der Waals surface area (Å²) in [6, 6.07) is 2.16. The van der Waals surface area contributed by atoms with Gasteiger partial charge in [0.25, 0.3) is 0 Å². The molecule has 1 fully saturated rings. The fraction of sp³-hybridized carbons (Fsp3) is 0.714. The number of hydrogen-bond donors (Lipinski definition) is 1. The molecule has 2 heterocycles. The molecule has 1 atom stereocenters. The average Bonchev–Trinajstić information content (AvgIpc) is 2.63. The van der Waals surface area contributed by atoms with E-state index in [1.165, 1.54) is 19.3 Å².